The lowest BCUT2D eigenvalue weighted by atomic mass is 9.91. The smallest absolute Gasteiger partial charge is 0.272 e. The molecule has 3 rings (SSSR count). The fourth-order valence-electron chi connectivity index (χ4n) is 2.68. The van der Waals surface area contributed by atoms with E-state index in [4.69, 9.17) is 16.3 Å². The van der Waals surface area contributed by atoms with Crippen molar-refractivity contribution >= 4 is 23.4 Å². The standard InChI is InChI=1S/C17H18ClN5O3/c1-11-3-4-12(20-5-11)16(25)23-9-17(2,10-23)22-14(24)8-26-15-7-19-6-13(18)21-15/h3-7H,8-10H2,1-2H3,(H,22,24). The molecule has 0 atom stereocenters. The fourth-order valence-corrected chi connectivity index (χ4v) is 2.82. The average molecular weight is 376 g/mol. The van der Waals surface area contributed by atoms with Gasteiger partial charge in [0.25, 0.3) is 11.8 Å². The average Bonchev–Trinajstić information content (AvgIpc) is 2.58. The predicted octanol–water partition coefficient (Wildman–Crippen LogP) is 1.24. The molecule has 8 nitrogen and oxygen atoms in total. The number of nitrogens with zero attached hydrogens (tertiary/aromatic N) is 4. The van der Waals surface area contributed by atoms with E-state index >= 15 is 0 Å². The van der Waals surface area contributed by atoms with Gasteiger partial charge in [0.05, 0.1) is 17.9 Å². The van der Waals surface area contributed by atoms with Gasteiger partial charge in [-0.15, -0.1) is 0 Å². The molecule has 26 heavy (non-hydrogen) atoms. The molecule has 1 N–H and O–H groups in total. The van der Waals surface area contributed by atoms with E-state index in [9.17, 15) is 9.59 Å². The van der Waals surface area contributed by atoms with Gasteiger partial charge in [0.2, 0.25) is 5.88 Å². The maximum atomic E-state index is 12.4. The molecule has 1 saturated heterocycles. The van der Waals surface area contributed by atoms with Crippen molar-refractivity contribution in [3.8, 4) is 5.88 Å². The maximum Gasteiger partial charge on any atom is 0.272 e. The summed E-state index contributed by atoms with van der Waals surface area (Å²) in [5, 5.41) is 3.05. The lowest BCUT2D eigenvalue weighted by Crippen LogP contribution is -2.70. The van der Waals surface area contributed by atoms with Gasteiger partial charge in [-0.1, -0.05) is 17.7 Å². The number of aryl methyl sites for hydroxylation is 1. The zero-order valence-corrected chi connectivity index (χ0v) is 15.2. The van der Waals surface area contributed by atoms with Crippen LogP contribution in [0.4, 0.5) is 0 Å². The van der Waals surface area contributed by atoms with Crippen molar-refractivity contribution in [1.29, 1.82) is 0 Å². The Labute approximate surface area is 155 Å². The number of amides is 2. The third kappa shape index (κ3) is 4.26. The Morgan fingerprint density at radius 1 is 1.31 bits per heavy atom. The summed E-state index contributed by atoms with van der Waals surface area (Å²) in [4.78, 5) is 37.9. The highest BCUT2D eigenvalue weighted by molar-refractivity contribution is 6.29. The second kappa shape index (κ2) is 7.25. The summed E-state index contributed by atoms with van der Waals surface area (Å²) in [6.45, 7) is 4.39. The molecule has 1 fully saturated rings. The van der Waals surface area contributed by atoms with Gasteiger partial charge in [0, 0.05) is 19.3 Å². The normalized spacial score (nSPS) is 15.1. The van der Waals surface area contributed by atoms with Crippen LogP contribution in [0.5, 0.6) is 5.88 Å². The molecule has 0 spiro atoms. The molecule has 0 radical (unpaired) electrons. The molecule has 2 aromatic heterocycles. The van der Waals surface area contributed by atoms with Crippen molar-refractivity contribution < 1.29 is 14.3 Å². The van der Waals surface area contributed by atoms with Crippen molar-refractivity contribution in [2.75, 3.05) is 19.7 Å². The number of aromatic nitrogens is 3. The van der Waals surface area contributed by atoms with Crippen LogP contribution in [-0.4, -0.2) is 56.9 Å². The molecule has 2 aromatic rings. The molecule has 3 heterocycles. The molecule has 0 bridgehead atoms. The Kier molecular flexibility index (Phi) is 5.03. The summed E-state index contributed by atoms with van der Waals surface area (Å²) in [6, 6.07) is 3.54. The van der Waals surface area contributed by atoms with Crippen LogP contribution in [0.1, 0.15) is 23.0 Å². The molecule has 0 aliphatic carbocycles. The first-order chi connectivity index (χ1) is 12.3. The molecule has 0 unspecified atom stereocenters. The Hall–Kier alpha value is -2.74. The second-order valence-corrected chi connectivity index (χ2v) is 6.85. The van der Waals surface area contributed by atoms with Gasteiger partial charge < -0.3 is 15.0 Å². The zero-order chi connectivity index (χ0) is 18.7. The number of hydrogen-bond donors (Lipinski definition) is 1. The number of halogens is 1. The van der Waals surface area contributed by atoms with Crippen molar-refractivity contribution in [1.82, 2.24) is 25.2 Å². The van der Waals surface area contributed by atoms with E-state index in [0.29, 0.717) is 18.8 Å². The molecule has 2 amide bonds. The summed E-state index contributed by atoms with van der Waals surface area (Å²) in [5.41, 5.74) is 0.888. The highest BCUT2D eigenvalue weighted by Gasteiger charge is 2.42. The first-order valence-electron chi connectivity index (χ1n) is 7.98. The number of pyridine rings is 1. The zero-order valence-electron chi connectivity index (χ0n) is 14.4. The van der Waals surface area contributed by atoms with E-state index in [1.165, 1.54) is 12.4 Å². The van der Waals surface area contributed by atoms with E-state index in [-0.39, 0.29) is 29.5 Å². The number of ether oxygens (including phenoxy) is 1. The third-order valence-electron chi connectivity index (χ3n) is 3.87. The molecular formula is C17H18ClN5O3. The summed E-state index contributed by atoms with van der Waals surface area (Å²) < 4.78 is 5.26. The van der Waals surface area contributed by atoms with E-state index in [0.717, 1.165) is 5.56 Å². The van der Waals surface area contributed by atoms with Crippen LogP contribution in [0.2, 0.25) is 5.15 Å². The van der Waals surface area contributed by atoms with Crippen LogP contribution in [0.3, 0.4) is 0 Å². The summed E-state index contributed by atoms with van der Waals surface area (Å²) in [6.07, 6.45) is 4.40. The number of rotatable bonds is 5. The van der Waals surface area contributed by atoms with Crippen LogP contribution in [0.25, 0.3) is 0 Å². The van der Waals surface area contributed by atoms with Gasteiger partial charge in [0.1, 0.15) is 5.69 Å². The van der Waals surface area contributed by atoms with E-state index in [2.05, 4.69) is 20.3 Å². The minimum Gasteiger partial charge on any atom is -0.466 e. The monoisotopic (exact) mass is 375 g/mol. The molecule has 0 aromatic carbocycles. The first kappa shape index (κ1) is 18.1. The Balaban J connectivity index is 1.48. The van der Waals surface area contributed by atoms with E-state index in [1.807, 2.05) is 19.9 Å². The molecule has 1 aliphatic rings. The van der Waals surface area contributed by atoms with Crippen molar-refractivity contribution in [3.63, 3.8) is 0 Å². The summed E-state index contributed by atoms with van der Waals surface area (Å²) >= 11 is 5.71. The molecule has 9 heteroatoms. The Morgan fingerprint density at radius 2 is 2.08 bits per heavy atom. The van der Waals surface area contributed by atoms with Gasteiger partial charge in [-0.3, -0.25) is 19.6 Å². The van der Waals surface area contributed by atoms with Gasteiger partial charge in [-0.25, -0.2) is 0 Å². The lowest BCUT2D eigenvalue weighted by molar-refractivity contribution is -0.126. The highest BCUT2D eigenvalue weighted by atomic mass is 35.5. The van der Waals surface area contributed by atoms with Crippen LogP contribution in [0, 0.1) is 6.92 Å². The number of nitrogens with one attached hydrogen (secondary N) is 1. The summed E-state index contributed by atoms with van der Waals surface area (Å²) in [7, 11) is 0. The largest absolute Gasteiger partial charge is 0.466 e. The van der Waals surface area contributed by atoms with Crippen LogP contribution >= 0.6 is 11.6 Å². The van der Waals surface area contributed by atoms with Crippen LogP contribution in [0.15, 0.2) is 30.7 Å². The second-order valence-electron chi connectivity index (χ2n) is 6.46. The lowest BCUT2D eigenvalue weighted by Gasteiger charge is -2.48. The van der Waals surface area contributed by atoms with Gasteiger partial charge in [0.15, 0.2) is 11.8 Å². The van der Waals surface area contributed by atoms with Gasteiger partial charge in [-0.2, -0.15) is 4.98 Å². The highest BCUT2D eigenvalue weighted by Crippen LogP contribution is 2.22. The van der Waals surface area contributed by atoms with Crippen LogP contribution < -0.4 is 10.1 Å². The van der Waals surface area contributed by atoms with Crippen molar-refractivity contribution in [3.05, 3.63) is 47.1 Å². The SMILES string of the molecule is Cc1ccc(C(=O)N2CC(C)(NC(=O)COc3cncc(Cl)n3)C2)nc1. The Bertz CT molecular complexity index is 821. The Morgan fingerprint density at radius 3 is 2.73 bits per heavy atom. The fraction of sp³-hybridized carbons (Fsp3) is 0.353. The van der Waals surface area contributed by atoms with Crippen molar-refractivity contribution in [2.24, 2.45) is 0 Å². The topological polar surface area (TPSA) is 97.3 Å². The number of carbonyl (C=O) groups is 2. The minimum atomic E-state index is -0.499. The van der Waals surface area contributed by atoms with E-state index < -0.39 is 5.54 Å². The molecular weight excluding hydrogens is 358 g/mol. The first-order valence-corrected chi connectivity index (χ1v) is 8.36. The third-order valence-corrected chi connectivity index (χ3v) is 4.05. The molecule has 0 saturated carbocycles. The number of likely N-dealkylation sites (tertiary alicyclic amines) is 1. The molecule has 1 aliphatic heterocycles. The number of carbonyl (C=O) groups excluding carboxylic acids is 2. The molecule has 136 valence electrons. The predicted molar refractivity (Wildman–Crippen MR) is 94.0 cm³/mol. The maximum absolute atomic E-state index is 12.4. The summed E-state index contributed by atoms with van der Waals surface area (Å²) in [5.74, 6) is -0.286. The van der Waals surface area contributed by atoms with Crippen molar-refractivity contribution in [2.45, 2.75) is 19.4 Å². The van der Waals surface area contributed by atoms with Gasteiger partial charge in [-0.05, 0) is 25.5 Å². The minimum absolute atomic E-state index is 0.151. The van der Waals surface area contributed by atoms with Gasteiger partial charge >= 0.3 is 0 Å². The van der Waals surface area contributed by atoms with Crippen LogP contribution in [-0.2, 0) is 4.79 Å². The quantitative estimate of drug-likeness (QED) is 0.844. The number of hydrogen-bond acceptors (Lipinski definition) is 6. The van der Waals surface area contributed by atoms with E-state index in [1.54, 1.807) is 17.2 Å².